The van der Waals surface area contributed by atoms with Crippen LogP contribution in [-0.2, 0) is 4.79 Å². The van der Waals surface area contributed by atoms with Gasteiger partial charge in [-0.3, -0.25) is 4.99 Å². The predicted octanol–water partition coefficient (Wildman–Crippen LogP) is 1.89. The molecule has 0 spiro atoms. The monoisotopic (exact) mass is 285 g/mol. The normalized spacial score (nSPS) is 21.9. The third-order valence-electron chi connectivity index (χ3n) is 3.51. The van der Waals surface area contributed by atoms with Crippen molar-refractivity contribution in [3.8, 4) is 0 Å². The first kappa shape index (κ1) is 13.0. The van der Waals surface area contributed by atoms with E-state index >= 15 is 0 Å². The van der Waals surface area contributed by atoms with Crippen molar-refractivity contribution in [2.45, 2.75) is 12.2 Å². The average Bonchev–Trinajstić information content (AvgIpc) is 2.96. The SMILES string of the molecule is CN1c2ccccc2C(c2cccs2)=NC(N)C1C=O. The van der Waals surface area contributed by atoms with Crippen LogP contribution in [0.3, 0.4) is 0 Å². The molecule has 2 atom stereocenters. The molecule has 0 fully saturated rings. The molecule has 102 valence electrons. The van der Waals surface area contributed by atoms with Gasteiger partial charge in [-0.25, -0.2) is 0 Å². The number of benzodiazepines with no additional fused rings is 1. The first-order chi connectivity index (χ1) is 9.72. The second-order valence-corrected chi connectivity index (χ2v) is 5.65. The largest absolute Gasteiger partial charge is 0.361 e. The molecule has 2 aromatic rings. The van der Waals surface area contributed by atoms with E-state index in [0.29, 0.717) is 0 Å². The minimum atomic E-state index is -0.568. The maximum absolute atomic E-state index is 11.3. The van der Waals surface area contributed by atoms with Crippen LogP contribution in [-0.4, -0.2) is 31.3 Å². The van der Waals surface area contributed by atoms with Crippen LogP contribution in [0.1, 0.15) is 10.4 Å². The summed E-state index contributed by atoms with van der Waals surface area (Å²) in [4.78, 5) is 18.9. The van der Waals surface area contributed by atoms with Crippen molar-refractivity contribution in [2.75, 3.05) is 11.9 Å². The van der Waals surface area contributed by atoms with Crippen LogP contribution >= 0.6 is 11.3 Å². The highest BCUT2D eigenvalue weighted by Gasteiger charge is 2.29. The zero-order valence-electron chi connectivity index (χ0n) is 11.1. The molecule has 20 heavy (non-hydrogen) atoms. The highest BCUT2D eigenvalue weighted by atomic mass is 32.1. The second kappa shape index (κ2) is 5.19. The van der Waals surface area contributed by atoms with E-state index in [0.717, 1.165) is 28.1 Å². The van der Waals surface area contributed by atoms with Gasteiger partial charge in [0.2, 0.25) is 0 Å². The third-order valence-corrected chi connectivity index (χ3v) is 4.39. The van der Waals surface area contributed by atoms with Crippen molar-refractivity contribution in [2.24, 2.45) is 10.7 Å². The summed E-state index contributed by atoms with van der Waals surface area (Å²) in [5.41, 5.74) is 8.95. The number of aldehydes is 1. The van der Waals surface area contributed by atoms with Crippen molar-refractivity contribution in [3.05, 3.63) is 52.2 Å². The molecule has 1 aromatic heterocycles. The molecular formula is C15H15N3OS. The summed E-state index contributed by atoms with van der Waals surface area (Å²) in [7, 11) is 1.88. The van der Waals surface area contributed by atoms with Crippen LogP contribution in [0.15, 0.2) is 46.8 Å². The Kier molecular flexibility index (Phi) is 3.38. The number of fused-ring (bicyclic) bond motifs is 1. The van der Waals surface area contributed by atoms with Gasteiger partial charge in [0.05, 0.1) is 10.6 Å². The summed E-state index contributed by atoms with van der Waals surface area (Å²) in [6.45, 7) is 0. The Morgan fingerprint density at radius 1 is 1.30 bits per heavy atom. The first-order valence-electron chi connectivity index (χ1n) is 6.37. The Morgan fingerprint density at radius 3 is 2.80 bits per heavy atom. The van der Waals surface area contributed by atoms with Gasteiger partial charge >= 0.3 is 0 Å². The van der Waals surface area contributed by atoms with Gasteiger partial charge in [0.15, 0.2) is 0 Å². The molecule has 0 amide bonds. The summed E-state index contributed by atoms with van der Waals surface area (Å²) in [6.07, 6.45) is 0.296. The minimum absolute atomic E-state index is 0.450. The topological polar surface area (TPSA) is 58.7 Å². The number of hydrogen-bond acceptors (Lipinski definition) is 5. The van der Waals surface area contributed by atoms with Crippen LogP contribution in [0.4, 0.5) is 5.69 Å². The smallest absolute Gasteiger partial charge is 0.145 e. The van der Waals surface area contributed by atoms with Crippen molar-refractivity contribution in [1.29, 1.82) is 0 Å². The Hall–Kier alpha value is -1.98. The van der Waals surface area contributed by atoms with E-state index < -0.39 is 12.2 Å². The molecule has 1 aliphatic heterocycles. The molecule has 5 heteroatoms. The van der Waals surface area contributed by atoms with E-state index in [9.17, 15) is 4.79 Å². The quantitative estimate of drug-likeness (QED) is 0.857. The van der Waals surface area contributed by atoms with Crippen molar-refractivity contribution >= 4 is 29.0 Å². The number of nitrogens with zero attached hydrogens (tertiary/aromatic N) is 2. The van der Waals surface area contributed by atoms with Gasteiger partial charge < -0.3 is 15.4 Å². The van der Waals surface area contributed by atoms with E-state index in [2.05, 4.69) is 4.99 Å². The predicted molar refractivity (Wildman–Crippen MR) is 82.6 cm³/mol. The number of anilines is 1. The zero-order valence-corrected chi connectivity index (χ0v) is 11.9. The molecule has 0 saturated carbocycles. The number of hydrogen-bond donors (Lipinski definition) is 1. The number of nitrogens with two attached hydrogens (primary N) is 1. The number of para-hydroxylation sites is 1. The van der Waals surface area contributed by atoms with E-state index in [-0.39, 0.29) is 0 Å². The zero-order chi connectivity index (χ0) is 14.1. The van der Waals surface area contributed by atoms with E-state index in [1.807, 2.05) is 53.7 Å². The summed E-state index contributed by atoms with van der Waals surface area (Å²) < 4.78 is 0. The van der Waals surface area contributed by atoms with E-state index in [4.69, 9.17) is 5.73 Å². The fourth-order valence-corrected chi connectivity index (χ4v) is 3.18. The van der Waals surface area contributed by atoms with Gasteiger partial charge in [0.1, 0.15) is 18.5 Å². The maximum atomic E-state index is 11.3. The number of aliphatic imine (C=N–C) groups is 1. The van der Waals surface area contributed by atoms with E-state index in [1.165, 1.54) is 0 Å². The summed E-state index contributed by atoms with van der Waals surface area (Å²) in [5, 5.41) is 2.01. The molecule has 2 heterocycles. The second-order valence-electron chi connectivity index (χ2n) is 4.70. The lowest BCUT2D eigenvalue weighted by atomic mass is 10.1. The molecule has 4 nitrogen and oxygen atoms in total. The Morgan fingerprint density at radius 2 is 2.10 bits per heavy atom. The van der Waals surface area contributed by atoms with Gasteiger partial charge in [0, 0.05) is 18.3 Å². The molecule has 1 aliphatic rings. The lowest BCUT2D eigenvalue weighted by molar-refractivity contribution is -0.109. The molecule has 1 aromatic carbocycles. The number of carbonyl (C=O) groups is 1. The van der Waals surface area contributed by atoms with Crippen molar-refractivity contribution < 1.29 is 4.79 Å². The molecule has 0 saturated heterocycles. The van der Waals surface area contributed by atoms with Crippen LogP contribution in [0, 0.1) is 0 Å². The Balaban J connectivity index is 2.23. The fraction of sp³-hybridized carbons (Fsp3) is 0.200. The van der Waals surface area contributed by atoms with Gasteiger partial charge in [-0.05, 0) is 17.5 Å². The standard InChI is InChI=1S/C15H15N3OS/c1-18-11-6-3-2-5-10(11)14(13-7-4-8-20-13)17-15(16)12(18)9-19/h2-9,12,15H,16H2,1H3. The lowest BCUT2D eigenvalue weighted by Crippen LogP contribution is -2.45. The first-order valence-corrected chi connectivity index (χ1v) is 7.25. The lowest BCUT2D eigenvalue weighted by Gasteiger charge is -2.27. The van der Waals surface area contributed by atoms with Crippen LogP contribution in [0.2, 0.25) is 0 Å². The number of likely N-dealkylation sites (N-methyl/N-ethyl adjacent to an activating group) is 1. The van der Waals surface area contributed by atoms with Gasteiger partial charge in [-0.15, -0.1) is 11.3 Å². The summed E-state index contributed by atoms with van der Waals surface area (Å²) in [5.74, 6) is 0. The molecule has 0 aliphatic carbocycles. The number of benzene rings is 1. The van der Waals surface area contributed by atoms with Crippen LogP contribution in [0.5, 0.6) is 0 Å². The molecule has 3 rings (SSSR count). The van der Waals surface area contributed by atoms with Gasteiger partial charge in [-0.1, -0.05) is 24.3 Å². The molecule has 2 N–H and O–H groups in total. The van der Waals surface area contributed by atoms with Crippen molar-refractivity contribution in [3.63, 3.8) is 0 Å². The minimum Gasteiger partial charge on any atom is -0.361 e. The van der Waals surface area contributed by atoms with Crippen LogP contribution in [0.25, 0.3) is 0 Å². The average molecular weight is 285 g/mol. The summed E-state index contributed by atoms with van der Waals surface area (Å²) >= 11 is 1.62. The number of thiophene rings is 1. The van der Waals surface area contributed by atoms with Gasteiger partial charge in [-0.2, -0.15) is 0 Å². The van der Waals surface area contributed by atoms with Crippen LogP contribution < -0.4 is 10.6 Å². The maximum Gasteiger partial charge on any atom is 0.145 e. The van der Waals surface area contributed by atoms with E-state index in [1.54, 1.807) is 11.3 Å². The number of carbonyl (C=O) groups excluding carboxylic acids is 1. The van der Waals surface area contributed by atoms with Gasteiger partial charge in [0.25, 0.3) is 0 Å². The highest BCUT2D eigenvalue weighted by Crippen LogP contribution is 2.29. The molecule has 0 bridgehead atoms. The molecule has 0 radical (unpaired) electrons. The highest BCUT2D eigenvalue weighted by molar-refractivity contribution is 7.12. The number of rotatable bonds is 2. The summed E-state index contributed by atoms with van der Waals surface area (Å²) in [6, 6.07) is 11.5. The molecule has 2 unspecified atom stereocenters. The Labute approximate surface area is 121 Å². The molecular weight excluding hydrogens is 270 g/mol. The third kappa shape index (κ3) is 2.05. The fourth-order valence-electron chi connectivity index (χ4n) is 2.45. The van der Waals surface area contributed by atoms with Crippen molar-refractivity contribution in [1.82, 2.24) is 0 Å². The Bertz CT molecular complexity index is 651.